The Balaban J connectivity index is 0.000000486. The minimum atomic E-state index is -4.67. The van der Waals surface area contributed by atoms with Gasteiger partial charge in [0.1, 0.15) is 5.75 Å². The molecule has 0 aliphatic heterocycles. The van der Waals surface area contributed by atoms with Crippen molar-refractivity contribution in [1.29, 1.82) is 0 Å². The fourth-order valence-corrected chi connectivity index (χ4v) is 1.59. The largest absolute Gasteiger partial charge is 0.557 e. The zero-order chi connectivity index (χ0) is 16.1. The van der Waals surface area contributed by atoms with Crippen LogP contribution in [0.5, 0.6) is 5.75 Å². The van der Waals surface area contributed by atoms with Crippen LogP contribution < -0.4 is 9.84 Å². The molecule has 1 aromatic carbocycles. The van der Waals surface area contributed by atoms with Gasteiger partial charge in [0.25, 0.3) is 0 Å². The highest BCUT2D eigenvalue weighted by Gasteiger charge is 2.26. The maximum atomic E-state index is 10.9. The SMILES string of the molecule is O=[N+]([O-])OP(=O)(O)Oc1ccccc1.OCCNCCO. The molecule has 1 unspecified atom stereocenters. The third-order valence-electron chi connectivity index (χ3n) is 1.71. The van der Waals surface area contributed by atoms with Crippen LogP contribution in [0.25, 0.3) is 0 Å². The van der Waals surface area contributed by atoms with Crippen LogP contribution in [-0.4, -0.2) is 46.5 Å². The monoisotopic (exact) mass is 324 g/mol. The van der Waals surface area contributed by atoms with E-state index in [1.807, 2.05) is 0 Å². The van der Waals surface area contributed by atoms with E-state index in [0.717, 1.165) is 0 Å². The number of phosphoric acid groups is 1. The quantitative estimate of drug-likeness (QED) is 0.223. The van der Waals surface area contributed by atoms with Crippen molar-refractivity contribution in [3.63, 3.8) is 0 Å². The van der Waals surface area contributed by atoms with Crippen LogP contribution in [0.3, 0.4) is 0 Å². The van der Waals surface area contributed by atoms with Gasteiger partial charge in [0.05, 0.1) is 13.2 Å². The highest BCUT2D eigenvalue weighted by atomic mass is 31.2. The number of phosphoric ester groups is 1. The summed E-state index contributed by atoms with van der Waals surface area (Å²) in [5.74, 6) is 0.0141. The number of aliphatic hydroxyl groups excluding tert-OH is 2. The minimum absolute atomic E-state index is 0.0141. The van der Waals surface area contributed by atoms with Crippen LogP contribution in [-0.2, 0) is 9.19 Å². The molecule has 0 aromatic heterocycles. The maximum absolute atomic E-state index is 10.9. The Labute approximate surface area is 120 Å². The fourth-order valence-electron chi connectivity index (χ4n) is 0.999. The molecule has 11 heteroatoms. The van der Waals surface area contributed by atoms with Crippen LogP contribution >= 0.6 is 7.82 Å². The number of hydrogen-bond donors (Lipinski definition) is 4. The molecule has 0 bridgehead atoms. The molecule has 0 fully saturated rings. The average Bonchev–Trinajstić information content (AvgIpc) is 2.39. The van der Waals surface area contributed by atoms with Crippen molar-refractivity contribution in [1.82, 2.24) is 5.32 Å². The summed E-state index contributed by atoms with van der Waals surface area (Å²) in [6.07, 6.45) is 0. The molecule has 4 N–H and O–H groups in total. The van der Waals surface area contributed by atoms with Crippen molar-refractivity contribution in [2.45, 2.75) is 0 Å². The fraction of sp³-hybridized carbons (Fsp3) is 0.400. The lowest BCUT2D eigenvalue weighted by Gasteiger charge is -2.09. The molecule has 0 aliphatic rings. The van der Waals surface area contributed by atoms with E-state index in [4.69, 9.17) is 15.1 Å². The van der Waals surface area contributed by atoms with Gasteiger partial charge in [0.2, 0.25) is 0 Å². The summed E-state index contributed by atoms with van der Waals surface area (Å²) in [4.78, 5) is 18.6. The summed E-state index contributed by atoms with van der Waals surface area (Å²) in [5, 5.41) is 27.5. The van der Waals surface area contributed by atoms with Crippen molar-refractivity contribution in [2.75, 3.05) is 26.3 Å². The van der Waals surface area contributed by atoms with Gasteiger partial charge in [-0.25, -0.2) is 4.57 Å². The molecule has 1 atom stereocenters. The second-order valence-corrected chi connectivity index (χ2v) is 4.66. The molecule has 0 radical (unpaired) electrons. The lowest BCUT2D eigenvalue weighted by atomic mass is 10.3. The van der Waals surface area contributed by atoms with Crippen LogP contribution in [0.15, 0.2) is 30.3 Å². The molecular formula is C10H17N2O8P. The van der Waals surface area contributed by atoms with Crippen LogP contribution in [0.4, 0.5) is 0 Å². The van der Waals surface area contributed by atoms with Crippen molar-refractivity contribution in [3.8, 4) is 5.75 Å². The third-order valence-corrected chi connectivity index (χ3v) is 2.49. The van der Waals surface area contributed by atoms with E-state index < -0.39 is 12.9 Å². The summed E-state index contributed by atoms with van der Waals surface area (Å²) in [7, 11) is -4.67. The summed E-state index contributed by atoms with van der Waals surface area (Å²) in [6, 6.07) is 7.48. The normalized spacial score (nSPS) is 12.5. The maximum Gasteiger partial charge on any atom is 0.557 e. The smallest absolute Gasteiger partial charge is 0.406 e. The van der Waals surface area contributed by atoms with E-state index in [0.29, 0.717) is 13.1 Å². The summed E-state index contributed by atoms with van der Waals surface area (Å²) < 4.78 is 18.7. The second-order valence-electron chi connectivity index (χ2n) is 3.38. The Morgan fingerprint density at radius 3 is 2.14 bits per heavy atom. The number of benzene rings is 1. The molecule has 0 aliphatic carbocycles. The Morgan fingerprint density at radius 2 is 1.71 bits per heavy atom. The zero-order valence-electron chi connectivity index (χ0n) is 11.0. The summed E-state index contributed by atoms with van der Waals surface area (Å²) >= 11 is 0. The van der Waals surface area contributed by atoms with Crippen molar-refractivity contribution < 1.29 is 33.9 Å². The number of hydrogen-bond acceptors (Lipinski definition) is 8. The molecule has 10 nitrogen and oxygen atoms in total. The Bertz CT molecular complexity index is 440. The highest BCUT2D eigenvalue weighted by molar-refractivity contribution is 7.47. The summed E-state index contributed by atoms with van der Waals surface area (Å²) in [5.41, 5.74) is 0. The molecule has 21 heavy (non-hydrogen) atoms. The molecule has 0 amide bonds. The molecule has 0 spiro atoms. The third kappa shape index (κ3) is 11.8. The van der Waals surface area contributed by atoms with Gasteiger partial charge in [-0.05, 0) is 12.1 Å². The van der Waals surface area contributed by atoms with E-state index in [9.17, 15) is 14.7 Å². The number of rotatable bonds is 8. The van der Waals surface area contributed by atoms with Gasteiger partial charge in [-0.1, -0.05) is 18.2 Å². The number of nitrogens with one attached hydrogen (secondary N) is 1. The van der Waals surface area contributed by atoms with Gasteiger partial charge in [0, 0.05) is 13.1 Å². The van der Waals surface area contributed by atoms with Gasteiger partial charge in [-0.3, -0.25) is 4.89 Å². The van der Waals surface area contributed by atoms with Crippen LogP contribution in [0.2, 0.25) is 0 Å². The first-order valence-electron chi connectivity index (χ1n) is 5.75. The number of aliphatic hydroxyl groups is 2. The van der Waals surface area contributed by atoms with Crippen molar-refractivity contribution in [2.24, 2.45) is 0 Å². The Morgan fingerprint density at radius 1 is 1.19 bits per heavy atom. The molecule has 120 valence electrons. The van der Waals surface area contributed by atoms with E-state index in [1.165, 1.54) is 12.1 Å². The Hall–Kier alpha value is -1.71. The lowest BCUT2D eigenvalue weighted by Crippen LogP contribution is -2.21. The highest BCUT2D eigenvalue weighted by Crippen LogP contribution is 2.43. The molecule has 0 heterocycles. The van der Waals surface area contributed by atoms with Gasteiger partial charge < -0.3 is 20.1 Å². The standard InChI is InChI=1S/C6H6NO6P.C4H11NO2/c8-7(9)13-14(10,11)12-6-4-2-1-3-5-6;6-3-1-5-2-4-7/h1-5H,(H,10,11);5-7H,1-4H2. The van der Waals surface area contributed by atoms with Gasteiger partial charge >= 0.3 is 12.9 Å². The van der Waals surface area contributed by atoms with Gasteiger partial charge in [-0.2, -0.15) is 4.62 Å². The topological polar surface area (TPSA) is 151 Å². The predicted molar refractivity (Wildman–Crippen MR) is 72.0 cm³/mol. The van der Waals surface area contributed by atoms with E-state index in [2.05, 4.69) is 14.5 Å². The first kappa shape index (κ1) is 19.3. The van der Waals surface area contributed by atoms with E-state index in [1.54, 1.807) is 18.2 Å². The minimum Gasteiger partial charge on any atom is -0.406 e. The van der Waals surface area contributed by atoms with E-state index in [-0.39, 0.29) is 19.0 Å². The predicted octanol–water partition coefficient (Wildman–Crippen LogP) is -0.0653. The van der Waals surface area contributed by atoms with Gasteiger partial charge in [0.15, 0.2) is 0 Å². The van der Waals surface area contributed by atoms with Crippen molar-refractivity contribution in [3.05, 3.63) is 40.4 Å². The molecule has 1 rings (SSSR count). The van der Waals surface area contributed by atoms with Crippen LogP contribution in [0.1, 0.15) is 0 Å². The lowest BCUT2D eigenvalue weighted by molar-refractivity contribution is -0.717. The van der Waals surface area contributed by atoms with E-state index >= 15 is 0 Å². The molecular weight excluding hydrogens is 307 g/mol. The zero-order valence-corrected chi connectivity index (χ0v) is 11.9. The first-order chi connectivity index (χ1) is 9.91. The number of para-hydroxylation sites is 1. The molecule has 0 saturated carbocycles. The number of nitrogens with zero attached hydrogens (tertiary/aromatic N) is 1. The first-order valence-corrected chi connectivity index (χ1v) is 7.25. The van der Waals surface area contributed by atoms with Gasteiger partial charge in [-0.15, -0.1) is 10.1 Å². The van der Waals surface area contributed by atoms with Crippen LogP contribution in [0, 0.1) is 10.1 Å². The summed E-state index contributed by atoms with van der Waals surface area (Å²) in [6.45, 7) is 1.42. The average molecular weight is 324 g/mol. The Kier molecular flexibility index (Phi) is 10.1. The van der Waals surface area contributed by atoms with Crippen molar-refractivity contribution >= 4 is 7.82 Å². The second kappa shape index (κ2) is 11.0. The molecule has 1 aromatic rings. The molecule has 0 saturated heterocycles.